The topological polar surface area (TPSA) is 67.9 Å². The Hall–Kier alpha value is -2.17. The molecule has 2 amide bonds. The summed E-state index contributed by atoms with van der Waals surface area (Å²) < 4.78 is 11.8. The Morgan fingerprint density at radius 1 is 1.28 bits per heavy atom. The number of rotatable bonds is 5. The molecule has 3 rings (SSSR count). The molecule has 1 heterocycles. The van der Waals surface area contributed by atoms with Crippen molar-refractivity contribution in [3.63, 3.8) is 0 Å². The Balaban J connectivity index is 2.06. The molecule has 0 unspecified atom stereocenters. The van der Waals surface area contributed by atoms with Gasteiger partial charge in [-0.05, 0) is 77.6 Å². The number of benzene rings is 2. The highest BCUT2D eigenvalue weighted by Crippen LogP contribution is 2.35. The third-order valence-corrected chi connectivity index (χ3v) is 5.45. The van der Waals surface area contributed by atoms with Gasteiger partial charge in [-0.25, -0.2) is 0 Å². The summed E-state index contributed by atoms with van der Waals surface area (Å²) in [5.74, 6) is -0.0217. The van der Waals surface area contributed by atoms with E-state index in [-0.39, 0.29) is 10.7 Å². The first-order valence-electron chi connectivity index (χ1n) is 8.53. The first-order valence-corrected chi connectivity index (χ1v) is 10.4. The normalized spacial score (nSPS) is 15.5. The molecule has 2 aromatic carbocycles. The molecule has 29 heavy (non-hydrogen) atoms. The van der Waals surface area contributed by atoms with Crippen molar-refractivity contribution in [3.05, 3.63) is 56.1 Å². The summed E-state index contributed by atoms with van der Waals surface area (Å²) in [7, 11) is 1.55. The summed E-state index contributed by atoms with van der Waals surface area (Å²) in [6, 6.07) is 10.3. The van der Waals surface area contributed by atoms with Gasteiger partial charge in [0.1, 0.15) is 5.57 Å². The number of amides is 2. The second kappa shape index (κ2) is 9.10. The van der Waals surface area contributed by atoms with Gasteiger partial charge in [0, 0.05) is 0 Å². The molecule has 1 aliphatic heterocycles. The van der Waals surface area contributed by atoms with Crippen LogP contribution in [-0.4, -0.2) is 30.6 Å². The molecule has 150 valence electrons. The highest BCUT2D eigenvalue weighted by molar-refractivity contribution is 14.1. The van der Waals surface area contributed by atoms with Gasteiger partial charge in [0.2, 0.25) is 0 Å². The van der Waals surface area contributed by atoms with Crippen LogP contribution in [0.15, 0.2) is 42.0 Å². The van der Waals surface area contributed by atoms with E-state index in [1.54, 1.807) is 43.5 Å². The fourth-order valence-corrected chi connectivity index (χ4v) is 4.15. The molecule has 1 aliphatic rings. The van der Waals surface area contributed by atoms with E-state index in [1.807, 2.05) is 6.92 Å². The molecular weight excluding hydrogens is 527 g/mol. The summed E-state index contributed by atoms with van der Waals surface area (Å²) in [5, 5.41) is 2.87. The predicted octanol–water partition coefficient (Wildman–Crippen LogP) is 4.18. The van der Waals surface area contributed by atoms with E-state index in [2.05, 4.69) is 27.9 Å². The van der Waals surface area contributed by atoms with E-state index in [4.69, 9.17) is 33.3 Å². The maximum Gasteiger partial charge on any atom is 0.270 e. The van der Waals surface area contributed by atoms with Crippen LogP contribution >= 0.6 is 46.4 Å². The van der Waals surface area contributed by atoms with Crippen molar-refractivity contribution in [3.8, 4) is 11.5 Å². The molecule has 9 heteroatoms. The molecule has 0 aromatic heterocycles. The standard InChI is InChI=1S/C20H16ClIN2O4S/c1-3-28-16-10-11(9-14(22)17(16)27-2)8-12-18(25)23-20(29)24(19(12)26)15-7-5-4-6-13(15)21/h4-10H,3H2,1-2H3,(H,23,25,29)/b12-8+. The largest absolute Gasteiger partial charge is 0.492 e. The van der Waals surface area contributed by atoms with Gasteiger partial charge >= 0.3 is 0 Å². The molecule has 1 saturated heterocycles. The SMILES string of the molecule is CCOc1cc(/C=C2\C(=O)NC(=S)N(c3ccccc3Cl)C2=O)cc(I)c1OC. The van der Waals surface area contributed by atoms with Crippen molar-refractivity contribution in [2.24, 2.45) is 0 Å². The second-order valence-electron chi connectivity index (χ2n) is 5.88. The van der Waals surface area contributed by atoms with Crippen LogP contribution in [0.1, 0.15) is 12.5 Å². The molecule has 0 atom stereocenters. The number of ether oxygens (including phenoxy) is 2. The van der Waals surface area contributed by atoms with Crippen molar-refractivity contribution in [1.82, 2.24) is 5.32 Å². The number of hydrogen-bond donors (Lipinski definition) is 1. The van der Waals surface area contributed by atoms with Crippen LogP contribution in [0.2, 0.25) is 5.02 Å². The lowest BCUT2D eigenvalue weighted by molar-refractivity contribution is -0.122. The van der Waals surface area contributed by atoms with E-state index in [0.29, 0.717) is 34.4 Å². The van der Waals surface area contributed by atoms with Gasteiger partial charge < -0.3 is 9.47 Å². The highest BCUT2D eigenvalue weighted by atomic mass is 127. The van der Waals surface area contributed by atoms with E-state index < -0.39 is 11.8 Å². The average molecular weight is 543 g/mol. The number of thiocarbonyl (C=S) groups is 1. The lowest BCUT2D eigenvalue weighted by Gasteiger charge is -2.29. The van der Waals surface area contributed by atoms with Crippen molar-refractivity contribution < 1.29 is 19.1 Å². The Bertz CT molecular complexity index is 1040. The zero-order valence-corrected chi connectivity index (χ0v) is 19.2. The van der Waals surface area contributed by atoms with Gasteiger partial charge in [0.25, 0.3) is 11.8 Å². The van der Waals surface area contributed by atoms with Crippen molar-refractivity contribution in [2.75, 3.05) is 18.6 Å². The number of anilines is 1. The Kier molecular flexibility index (Phi) is 6.76. The van der Waals surface area contributed by atoms with E-state index >= 15 is 0 Å². The molecule has 1 fully saturated rings. The molecule has 0 spiro atoms. The van der Waals surface area contributed by atoms with Crippen LogP contribution in [0.4, 0.5) is 5.69 Å². The van der Waals surface area contributed by atoms with Gasteiger partial charge in [0.05, 0.1) is 28.0 Å². The summed E-state index contributed by atoms with van der Waals surface area (Å²) in [4.78, 5) is 26.8. The van der Waals surface area contributed by atoms with Crippen molar-refractivity contribution in [1.29, 1.82) is 0 Å². The lowest BCUT2D eigenvalue weighted by atomic mass is 10.1. The van der Waals surface area contributed by atoms with E-state index in [1.165, 1.54) is 11.0 Å². The molecular formula is C20H16ClIN2O4S. The summed E-state index contributed by atoms with van der Waals surface area (Å²) in [6.45, 7) is 2.30. The van der Waals surface area contributed by atoms with Crippen LogP contribution in [0.3, 0.4) is 0 Å². The molecule has 0 aliphatic carbocycles. The smallest absolute Gasteiger partial charge is 0.270 e. The monoisotopic (exact) mass is 542 g/mol. The first-order chi connectivity index (χ1) is 13.9. The number of para-hydroxylation sites is 1. The van der Waals surface area contributed by atoms with Gasteiger partial charge in [0.15, 0.2) is 16.6 Å². The summed E-state index contributed by atoms with van der Waals surface area (Å²) in [6.07, 6.45) is 1.49. The van der Waals surface area contributed by atoms with Gasteiger partial charge in [-0.2, -0.15) is 0 Å². The lowest BCUT2D eigenvalue weighted by Crippen LogP contribution is -2.54. The van der Waals surface area contributed by atoms with Crippen LogP contribution in [0.25, 0.3) is 6.08 Å². The van der Waals surface area contributed by atoms with Gasteiger partial charge in [-0.3, -0.25) is 19.8 Å². The Morgan fingerprint density at radius 2 is 2.00 bits per heavy atom. The molecule has 0 bridgehead atoms. The Labute approximate surface area is 191 Å². The second-order valence-corrected chi connectivity index (χ2v) is 7.83. The average Bonchev–Trinajstić information content (AvgIpc) is 2.67. The van der Waals surface area contributed by atoms with E-state index in [0.717, 1.165) is 3.57 Å². The zero-order chi connectivity index (χ0) is 21.1. The Morgan fingerprint density at radius 3 is 2.66 bits per heavy atom. The minimum absolute atomic E-state index is 0.0235. The molecule has 2 aromatic rings. The van der Waals surface area contributed by atoms with Gasteiger partial charge in [-0.1, -0.05) is 23.7 Å². The third kappa shape index (κ3) is 4.39. The maximum absolute atomic E-state index is 13.1. The van der Waals surface area contributed by atoms with Crippen molar-refractivity contribution in [2.45, 2.75) is 6.92 Å². The van der Waals surface area contributed by atoms with Crippen LogP contribution in [-0.2, 0) is 9.59 Å². The first kappa shape index (κ1) is 21.5. The summed E-state index contributed by atoms with van der Waals surface area (Å²) >= 11 is 13.5. The maximum atomic E-state index is 13.1. The predicted molar refractivity (Wildman–Crippen MR) is 125 cm³/mol. The minimum Gasteiger partial charge on any atom is -0.492 e. The van der Waals surface area contributed by atoms with Crippen LogP contribution in [0, 0.1) is 3.57 Å². The number of carbonyl (C=O) groups is 2. The van der Waals surface area contributed by atoms with Crippen LogP contribution in [0.5, 0.6) is 11.5 Å². The number of halogens is 2. The quantitative estimate of drug-likeness (QED) is 0.266. The molecule has 0 saturated carbocycles. The fraction of sp³-hybridized carbons (Fsp3) is 0.150. The fourth-order valence-electron chi connectivity index (χ4n) is 2.81. The number of carbonyl (C=O) groups excluding carboxylic acids is 2. The minimum atomic E-state index is -0.577. The van der Waals surface area contributed by atoms with Crippen molar-refractivity contribution >= 4 is 75.1 Å². The van der Waals surface area contributed by atoms with Gasteiger partial charge in [-0.15, -0.1) is 0 Å². The highest BCUT2D eigenvalue weighted by Gasteiger charge is 2.35. The number of hydrogen-bond acceptors (Lipinski definition) is 5. The van der Waals surface area contributed by atoms with Crippen LogP contribution < -0.4 is 19.7 Å². The van der Waals surface area contributed by atoms with E-state index in [9.17, 15) is 9.59 Å². The zero-order valence-electron chi connectivity index (χ0n) is 15.5. The molecule has 1 N–H and O–H groups in total. The number of methoxy groups -OCH3 is 1. The molecule has 0 radical (unpaired) electrons. The number of nitrogens with zero attached hydrogens (tertiary/aromatic N) is 1. The summed E-state index contributed by atoms with van der Waals surface area (Å²) in [5.41, 5.74) is 0.945. The third-order valence-electron chi connectivity index (χ3n) is 4.04. The number of nitrogens with one attached hydrogen (secondary N) is 1. The molecule has 6 nitrogen and oxygen atoms in total.